The van der Waals surface area contributed by atoms with E-state index >= 15 is 0 Å². The lowest BCUT2D eigenvalue weighted by atomic mass is 9.98. The lowest BCUT2D eigenvalue weighted by molar-refractivity contribution is 0.418. The second-order valence-electron chi connectivity index (χ2n) is 3.76. The van der Waals surface area contributed by atoms with E-state index in [1.54, 1.807) is 6.07 Å². The number of nitrogens with zero attached hydrogens (tertiary/aromatic N) is 1. The fraction of sp³-hybridized carbons (Fsp3) is 0.500. The van der Waals surface area contributed by atoms with Gasteiger partial charge in [0.1, 0.15) is 5.15 Å². The molecule has 2 nitrogen and oxygen atoms in total. The zero-order valence-corrected chi connectivity index (χ0v) is 9.02. The summed E-state index contributed by atoms with van der Waals surface area (Å²) in [6.07, 6.45) is 0.879. The molecule has 0 bridgehead atoms. The maximum atomic E-state index is 5.79. The molecule has 0 aromatic carbocycles. The molecule has 0 spiro atoms. The van der Waals surface area contributed by atoms with Gasteiger partial charge in [0.25, 0.3) is 0 Å². The van der Waals surface area contributed by atoms with Crippen LogP contribution in [-0.2, 0) is 6.42 Å². The van der Waals surface area contributed by atoms with E-state index in [-0.39, 0.29) is 5.54 Å². The maximum absolute atomic E-state index is 5.79. The summed E-state index contributed by atoms with van der Waals surface area (Å²) < 4.78 is 0. The van der Waals surface area contributed by atoms with E-state index in [2.05, 4.69) is 24.1 Å². The van der Waals surface area contributed by atoms with Crippen molar-refractivity contribution in [2.45, 2.75) is 25.8 Å². The van der Waals surface area contributed by atoms with Gasteiger partial charge in [-0.25, -0.2) is 4.98 Å². The molecule has 0 aliphatic rings. The van der Waals surface area contributed by atoms with Gasteiger partial charge in [-0.05, 0) is 33.0 Å². The number of likely N-dealkylation sites (N-methyl/N-ethyl adjacent to an activating group) is 1. The Morgan fingerprint density at radius 3 is 2.69 bits per heavy atom. The topological polar surface area (TPSA) is 24.9 Å². The molecule has 0 fully saturated rings. The highest BCUT2D eigenvalue weighted by Crippen LogP contribution is 2.12. The molecule has 1 N–H and O–H groups in total. The van der Waals surface area contributed by atoms with E-state index in [1.165, 1.54) is 0 Å². The van der Waals surface area contributed by atoms with Crippen LogP contribution in [0.2, 0.25) is 5.15 Å². The lowest BCUT2D eigenvalue weighted by Gasteiger charge is -2.23. The van der Waals surface area contributed by atoms with Crippen LogP contribution in [0.5, 0.6) is 0 Å². The molecule has 1 aromatic rings. The molecule has 1 aromatic heterocycles. The monoisotopic (exact) mass is 198 g/mol. The van der Waals surface area contributed by atoms with E-state index < -0.39 is 0 Å². The van der Waals surface area contributed by atoms with Gasteiger partial charge in [0.15, 0.2) is 0 Å². The molecule has 3 heteroatoms. The number of nitrogens with one attached hydrogen (secondary N) is 1. The number of aromatic nitrogens is 1. The van der Waals surface area contributed by atoms with Crippen molar-refractivity contribution in [2.24, 2.45) is 0 Å². The number of rotatable bonds is 3. The quantitative estimate of drug-likeness (QED) is 0.754. The first-order chi connectivity index (χ1) is 6.03. The molecule has 0 aliphatic heterocycles. The summed E-state index contributed by atoms with van der Waals surface area (Å²) in [5.41, 5.74) is 1.09. The predicted octanol–water partition coefficient (Wildman–Crippen LogP) is 2.28. The molecule has 0 amide bonds. The molecule has 0 saturated carbocycles. The molecule has 1 rings (SSSR count). The van der Waals surface area contributed by atoms with Gasteiger partial charge >= 0.3 is 0 Å². The molecule has 0 radical (unpaired) electrons. The predicted molar refractivity (Wildman–Crippen MR) is 56.1 cm³/mol. The minimum atomic E-state index is 0.0671. The van der Waals surface area contributed by atoms with Crippen molar-refractivity contribution in [3.05, 3.63) is 29.0 Å². The minimum absolute atomic E-state index is 0.0671. The molecule has 0 saturated heterocycles. The first-order valence-electron chi connectivity index (χ1n) is 4.34. The van der Waals surface area contributed by atoms with Crippen molar-refractivity contribution in [2.75, 3.05) is 7.05 Å². The highest BCUT2D eigenvalue weighted by Gasteiger charge is 2.15. The van der Waals surface area contributed by atoms with Crippen molar-refractivity contribution in [1.29, 1.82) is 0 Å². The minimum Gasteiger partial charge on any atom is -0.314 e. The van der Waals surface area contributed by atoms with Crippen LogP contribution in [-0.4, -0.2) is 17.6 Å². The van der Waals surface area contributed by atoms with E-state index in [4.69, 9.17) is 11.6 Å². The third-order valence-corrected chi connectivity index (χ3v) is 2.28. The third-order valence-electron chi connectivity index (χ3n) is 2.07. The molecule has 0 atom stereocenters. The molecular weight excluding hydrogens is 184 g/mol. The van der Waals surface area contributed by atoms with Gasteiger partial charge in [-0.15, -0.1) is 0 Å². The molecule has 0 aliphatic carbocycles. The molecule has 72 valence electrons. The number of halogens is 1. The van der Waals surface area contributed by atoms with Gasteiger partial charge in [-0.2, -0.15) is 0 Å². The summed E-state index contributed by atoms with van der Waals surface area (Å²) in [5, 5.41) is 3.79. The van der Waals surface area contributed by atoms with Crippen molar-refractivity contribution in [3.63, 3.8) is 0 Å². The van der Waals surface area contributed by atoms with Crippen LogP contribution in [0, 0.1) is 0 Å². The van der Waals surface area contributed by atoms with E-state index in [9.17, 15) is 0 Å². The van der Waals surface area contributed by atoms with Crippen LogP contribution in [0.15, 0.2) is 18.2 Å². The van der Waals surface area contributed by atoms with Crippen LogP contribution >= 0.6 is 11.6 Å². The largest absolute Gasteiger partial charge is 0.314 e. The summed E-state index contributed by atoms with van der Waals surface area (Å²) in [6.45, 7) is 4.27. The highest BCUT2D eigenvalue weighted by molar-refractivity contribution is 6.29. The van der Waals surface area contributed by atoms with Crippen LogP contribution in [0.3, 0.4) is 0 Å². The second-order valence-corrected chi connectivity index (χ2v) is 4.15. The Morgan fingerprint density at radius 1 is 1.46 bits per heavy atom. The van der Waals surface area contributed by atoms with Crippen LogP contribution in [0.1, 0.15) is 19.5 Å². The zero-order valence-electron chi connectivity index (χ0n) is 8.26. The number of hydrogen-bond acceptors (Lipinski definition) is 2. The highest BCUT2D eigenvalue weighted by atomic mass is 35.5. The molecule has 1 heterocycles. The first kappa shape index (κ1) is 10.5. The summed E-state index contributed by atoms with van der Waals surface area (Å²) in [7, 11) is 1.95. The van der Waals surface area contributed by atoms with Gasteiger partial charge in [-0.3, -0.25) is 0 Å². The van der Waals surface area contributed by atoms with Gasteiger partial charge < -0.3 is 5.32 Å². The van der Waals surface area contributed by atoms with Crippen molar-refractivity contribution < 1.29 is 0 Å². The van der Waals surface area contributed by atoms with Crippen LogP contribution in [0.4, 0.5) is 0 Å². The van der Waals surface area contributed by atoms with Gasteiger partial charge in [-0.1, -0.05) is 17.7 Å². The average molecular weight is 199 g/mol. The van der Waals surface area contributed by atoms with E-state index in [0.717, 1.165) is 12.1 Å². The smallest absolute Gasteiger partial charge is 0.129 e. The molecule has 13 heavy (non-hydrogen) atoms. The summed E-state index contributed by atoms with van der Waals surface area (Å²) in [5.74, 6) is 0. The fourth-order valence-electron chi connectivity index (χ4n) is 1.09. The first-order valence-corrected chi connectivity index (χ1v) is 4.72. The Balaban J connectivity index is 2.74. The number of pyridine rings is 1. The summed E-state index contributed by atoms with van der Waals surface area (Å²) >= 11 is 5.79. The molecular formula is C10H15ClN2. The summed E-state index contributed by atoms with van der Waals surface area (Å²) in [4.78, 5) is 4.23. The Kier molecular flexibility index (Phi) is 3.28. The van der Waals surface area contributed by atoms with E-state index in [0.29, 0.717) is 5.15 Å². The SMILES string of the molecule is CNC(C)(C)Cc1cccc(Cl)n1. The number of hydrogen-bond donors (Lipinski definition) is 1. The Morgan fingerprint density at radius 2 is 2.15 bits per heavy atom. The van der Waals surface area contributed by atoms with Crippen molar-refractivity contribution in [3.8, 4) is 0 Å². The van der Waals surface area contributed by atoms with Crippen LogP contribution in [0.25, 0.3) is 0 Å². The Hall–Kier alpha value is -0.600. The molecule has 0 unspecified atom stereocenters. The third kappa shape index (κ3) is 3.33. The van der Waals surface area contributed by atoms with Gasteiger partial charge in [0.2, 0.25) is 0 Å². The maximum Gasteiger partial charge on any atom is 0.129 e. The second kappa shape index (κ2) is 4.07. The Bertz CT molecular complexity index is 284. The van der Waals surface area contributed by atoms with Gasteiger partial charge in [0.05, 0.1) is 0 Å². The average Bonchev–Trinajstić information content (AvgIpc) is 2.03. The van der Waals surface area contributed by atoms with Crippen molar-refractivity contribution in [1.82, 2.24) is 10.3 Å². The van der Waals surface area contributed by atoms with Gasteiger partial charge in [0, 0.05) is 17.7 Å². The fourth-order valence-corrected chi connectivity index (χ4v) is 1.27. The zero-order chi connectivity index (χ0) is 9.90. The Labute approximate surface area is 84.3 Å². The lowest BCUT2D eigenvalue weighted by Crippen LogP contribution is -2.38. The van der Waals surface area contributed by atoms with E-state index in [1.807, 2.05) is 19.2 Å². The normalized spacial score (nSPS) is 11.7. The van der Waals surface area contributed by atoms with Crippen molar-refractivity contribution >= 4 is 11.6 Å². The van der Waals surface area contributed by atoms with Crippen LogP contribution < -0.4 is 5.32 Å². The summed E-state index contributed by atoms with van der Waals surface area (Å²) in [6, 6.07) is 5.71. The standard InChI is InChI=1S/C10H15ClN2/c1-10(2,12-3)7-8-5-4-6-9(11)13-8/h4-6,12H,7H2,1-3H3.